The number of hydrogen-bond donors (Lipinski definition) is 3. The summed E-state index contributed by atoms with van der Waals surface area (Å²) >= 11 is 0. The minimum absolute atomic E-state index is 0.0459. The monoisotopic (exact) mass is 313 g/mol. The number of aliphatic hydroxyl groups excluding tert-OH is 1. The van der Waals surface area contributed by atoms with Gasteiger partial charge in [0, 0.05) is 18.8 Å². The number of aliphatic hydroxyl groups is 1. The molecule has 0 aromatic carbocycles. The molecule has 7 heteroatoms. The number of pyridine rings is 1. The summed E-state index contributed by atoms with van der Waals surface area (Å²) in [6.07, 6.45) is 4.67. The van der Waals surface area contributed by atoms with E-state index in [0.29, 0.717) is 37.9 Å². The van der Waals surface area contributed by atoms with Crippen LogP contribution in [0.1, 0.15) is 39.0 Å². The molecular formula is C14H23N3O3S. The second kappa shape index (κ2) is 7.20. The van der Waals surface area contributed by atoms with Crippen molar-refractivity contribution in [3.05, 3.63) is 18.3 Å². The van der Waals surface area contributed by atoms with Gasteiger partial charge >= 0.3 is 0 Å². The van der Waals surface area contributed by atoms with E-state index in [2.05, 4.69) is 15.0 Å². The van der Waals surface area contributed by atoms with Crippen molar-refractivity contribution in [1.82, 2.24) is 9.71 Å². The normalized spacial score (nSPS) is 23.0. The van der Waals surface area contributed by atoms with E-state index < -0.39 is 10.0 Å². The molecule has 0 saturated heterocycles. The molecule has 0 aliphatic heterocycles. The molecule has 1 fully saturated rings. The summed E-state index contributed by atoms with van der Waals surface area (Å²) in [5.41, 5.74) is 0.530. The van der Waals surface area contributed by atoms with E-state index in [0.717, 1.165) is 6.42 Å². The molecule has 0 amide bonds. The van der Waals surface area contributed by atoms with Gasteiger partial charge in [0.25, 0.3) is 10.0 Å². The number of sulfonamides is 1. The lowest BCUT2D eigenvalue weighted by Gasteiger charge is -2.26. The van der Waals surface area contributed by atoms with E-state index in [1.807, 2.05) is 6.92 Å². The zero-order valence-electron chi connectivity index (χ0n) is 12.2. The predicted octanol–water partition coefficient (Wildman–Crippen LogP) is 1.49. The molecule has 1 aliphatic rings. The molecule has 0 radical (unpaired) electrons. The van der Waals surface area contributed by atoms with Crippen molar-refractivity contribution in [2.45, 2.75) is 56.2 Å². The highest BCUT2D eigenvalue weighted by molar-refractivity contribution is 7.89. The molecule has 1 aliphatic carbocycles. The first-order valence-corrected chi connectivity index (χ1v) is 8.90. The maximum Gasteiger partial charge on any atom is 0.260 e. The Morgan fingerprint density at radius 3 is 2.71 bits per heavy atom. The highest BCUT2D eigenvalue weighted by atomic mass is 32.2. The Labute approximate surface area is 126 Å². The van der Waals surface area contributed by atoms with E-state index in [1.54, 1.807) is 12.1 Å². The van der Waals surface area contributed by atoms with Gasteiger partial charge in [-0.15, -0.1) is 0 Å². The van der Waals surface area contributed by atoms with Crippen LogP contribution < -0.4 is 10.0 Å². The average Bonchev–Trinajstić information content (AvgIpc) is 2.47. The summed E-state index contributed by atoms with van der Waals surface area (Å²) in [4.78, 5) is 4.02. The number of hydrogen-bond acceptors (Lipinski definition) is 5. The average molecular weight is 313 g/mol. The van der Waals surface area contributed by atoms with Crippen molar-refractivity contribution >= 4 is 15.7 Å². The number of aromatic nitrogens is 1. The minimum atomic E-state index is -3.64. The van der Waals surface area contributed by atoms with E-state index >= 15 is 0 Å². The van der Waals surface area contributed by atoms with Gasteiger partial charge in [0.1, 0.15) is 0 Å². The summed E-state index contributed by atoms with van der Waals surface area (Å²) in [7, 11) is -3.64. The standard InChI is InChI=1S/C14H23N3O3S/c1-2-9-15-13-4-3-10-16-14(13)21(19,20)17-11-5-7-12(18)8-6-11/h3-4,10-12,15,17-18H,2,5-9H2,1H3. The van der Waals surface area contributed by atoms with Crippen LogP contribution in [0.3, 0.4) is 0 Å². The van der Waals surface area contributed by atoms with Gasteiger partial charge in [0.05, 0.1) is 11.8 Å². The van der Waals surface area contributed by atoms with Gasteiger partial charge in [-0.2, -0.15) is 0 Å². The molecule has 1 aromatic heterocycles. The minimum Gasteiger partial charge on any atom is -0.393 e. The molecule has 2 rings (SSSR count). The molecule has 118 valence electrons. The van der Waals surface area contributed by atoms with E-state index in [9.17, 15) is 13.5 Å². The molecule has 21 heavy (non-hydrogen) atoms. The first-order chi connectivity index (χ1) is 10.0. The Balaban J connectivity index is 2.12. The van der Waals surface area contributed by atoms with Crippen molar-refractivity contribution in [2.24, 2.45) is 0 Å². The lowest BCUT2D eigenvalue weighted by atomic mass is 9.94. The van der Waals surface area contributed by atoms with Crippen LogP contribution in [-0.4, -0.2) is 37.2 Å². The molecule has 0 unspecified atom stereocenters. The molecule has 0 atom stereocenters. The number of anilines is 1. The molecule has 0 spiro atoms. The van der Waals surface area contributed by atoms with Gasteiger partial charge in [-0.3, -0.25) is 0 Å². The Bertz CT molecular complexity index is 554. The van der Waals surface area contributed by atoms with E-state index in [-0.39, 0.29) is 17.2 Å². The zero-order valence-corrected chi connectivity index (χ0v) is 13.1. The lowest BCUT2D eigenvalue weighted by Crippen LogP contribution is -2.39. The number of nitrogens with zero attached hydrogens (tertiary/aromatic N) is 1. The van der Waals surface area contributed by atoms with E-state index in [4.69, 9.17) is 0 Å². The summed E-state index contributed by atoms with van der Waals surface area (Å²) < 4.78 is 27.7. The third kappa shape index (κ3) is 4.39. The summed E-state index contributed by atoms with van der Waals surface area (Å²) in [5, 5.41) is 12.6. The van der Waals surface area contributed by atoms with Crippen LogP contribution in [0.2, 0.25) is 0 Å². The predicted molar refractivity (Wildman–Crippen MR) is 81.6 cm³/mol. The van der Waals surface area contributed by atoms with Gasteiger partial charge in [-0.25, -0.2) is 18.1 Å². The molecule has 1 aromatic rings. The quantitative estimate of drug-likeness (QED) is 0.740. The Kier molecular flexibility index (Phi) is 5.55. The van der Waals surface area contributed by atoms with Crippen molar-refractivity contribution < 1.29 is 13.5 Å². The van der Waals surface area contributed by atoms with Crippen LogP contribution >= 0.6 is 0 Å². The van der Waals surface area contributed by atoms with Gasteiger partial charge in [-0.1, -0.05) is 6.92 Å². The van der Waals surface area contributed by atoms with Crippen LogP contribution in [0, 0.1) is 0 Å². The van der Waals surface area contributed by atoms with Crippen molar-refractivity contribution in [3.8, 4) is 0 Å². The summed E-state index contributed by atoms with van der Waals surface area (Å²) in [6.45, 7) is 2.72. The Hall–Kier alpha value is -1.18. The van der Waals surface area contributed by atoms with Crippen LogP contribution in [-0.2, 0) is 10.0 Å². The first kappa shape index (κ1) is 16.2. The van der Waals surface area contributed by atoms with Crippen LogP contribution in [0.25, 0.3) is 0 Å². The van der Waals surface area contributed by atoms with Gasteiger partial charge in [-0.05, 0) is 44.2 Å². The topological polar surface area (TPSA) is 91.3 Å². The van der Waals surface area contributed by atoms with E-state index in [1.165, 1.54) is 6.20 Å². The second-order valence-electron chi connectivity index (χ2n) is 5.41. The molecule has 1 saturated carbocycles. The maximum atomic E-state index is 12.5. The fourth-order valence-corrected chi connectivity index (χ4v) is 3.88. The Morgan fingerprint density at radius 1 is 1.33 bits per heavy atom. The number of nitrogens with one attached hydrogen (secondary N) is 2. The maximum absolute atomic E-state index is 12.5. The largest absolute Gasteiger partial charge is 0.393 e. The molecule has 3 N–H and O–H groups in total. The molecule has 6 nitrogen and oxygen atoms in total. The number of rotatable bonds is 6. The molecule has 1 heterocycles. The van der Waals surface area contributed by atoms with Crippen LogP contribution in [0.15, 0.2) is 23.4 Å². The highest BCUT2D eigenvalue weighted by Gasteiger charge is 2.27. The lowest BCUT2D eigenvalue weighted by molar-refractivity contribution is 0.120. The zero-order chi connectivity index (χ0) is 15.3. The Morgan fingerprint density at radius 2 is 2.05 bits per heavy atom. The fourth-order valence-electron chi connectivity index (χ4n) is 2.47. The first-order valence-electron chi connectivity index (χ1n) is 7.42. The molecular weight excluding hydrogens is 290 g/mol. The van der Waals surface area contributed by atoms with Crippen molar-refractivity contribution in [2.75, 3.05) is 11.9 Å². The van der Waals surface area contributed by atoms with Crippen molar-refractivity contribution in [3.63, 3.8) is 0 Å². The van der Waals surface area contributed by atoms with Gasteiger partial charge in [0.2, 0.25) is 0 Å². The van der Waals surface area contributed by atoms with Crippen LogP contribution in [0.5, 0.6) is 0 Å². The van der Waals surface area contributed by atoms with Crippen LogP contribution in [0.4, 0.5) is 5.69 Å². The summed E-state index contributed by atoms with van der Waals surface area (Å²) in [6, 6.07) is 3.31. The van der Waals surface area contributed by atoms with Gasteiger partial charge in [0.15, 0.2) is 5.03 Å². The highest BCUT2D eigenvalue weighted by Crippen LogP contribution is 2.22. The third-order valence-corrected chi connectivity index (χ3v) is 5.09. The second-order valence-corrected chi connectivity index (χ2v) is 7.04. The van der Waals surface area contributed by atoms with Crippen molar-refractivity contribution in [1.29, 1.82) is 0 Å². The van der Waals surface area contributed by atoms with Gasteiger partial charge < -0.3 is 10.4 Å². The third-order valence-electron chi connectivity index (χ3n) is 3.61. The summed E-state index contributed by atoms with van der Waals surface area (Å²) in [5.74, 6) is 0. The fraction of sp³-hybridized carbons (Fsp3) is 0.643. The SMILES string of the molecule is CCCNc1cccnc1S(=O)(=O)NC1CCC(O)CC1. The molecule has 0 bridgehead atoms. The smallest absolute Gasteiger partial charge is 0.260 e.